The van der Waals surface area contributed by atoms with E-state index in [2.05, 4.69) is 25.5 Å². The molecule has 0 radical (unpaired) electrons. The zero-order valence-electron chi connectivity index (χ0n) is 15.5. The van der Waals surface area contributed by atoms with Crippen LogP contribution in [0.1, 0.15) is 17.3 Å². The molecule has 1 aromatic heterocycles. The Kier molecular flexibility index (Phi) is 6.95. The number of aromatic nitrogens is 2. The van der Waals surface area contributed by atoms with Crippen LogP contribution < -0.4 is 15.4 Å². The van der Waals surface area contributed by atoms with Gasteiger partial charge in [0.2, 0.25) is 5.95 Å². The van der Waals surface area contributed by atoms with Crippen LogP contribution in [0.15, 0.2) is 36.7 Å². The van der Waals surface area contributed by atoms with E-state index in [1.165, 1.54) is 12.4 Å². The van der Waals surface area contributed by atoms with Gasteiger partial charge in [-0.3, -0.25) is 9.69 Å². The molecule has 2 N–H and O–H groups in total. The molecule has 1 aliphatic heterocycles. The van der Waals surface area contributed by atoms with Gasteiger partial charge in [-0.05, 0) is 31.2 Å². The van der Waals surface area contributed by atoms with E-state index in [-0.39, 0.29) is 5.91 Å². The Labute approximate surface area is 158 Å². The van der Waals surface area contributed by atoms with Gasteiger partial charge >= 0.3 is 0 Å². The smallest absolute Gasteiger partial charge is 0.258 e. The van der Waals surface area contributed by atoms with Gasteiger partial charge in [-0.1, -0.05) is 0 Å². The average molecular weight is 371 g/mol. The highest BCUT2D eigenvalue weighted by atomic mass is 16.5. The Bertz CT molecular complexity index is 715. The lowest BCUT2D eigenvalue weighted by molar-refractivity contribution is 0.0398. The minimum absolute atomic E-state index is 0.251. The second-order valence-electron chi connectivity index (χ2n) is 6.09. The number of amides is 1. The molecule has 8 heteroatoms. The topological polar surface area (TPSA) is 88.6 Å². The van der Waals surface area contributed by atoms with Crippen molar-refractivity contribution in [1.29, 1.82) is 0 Å². The molecule has 2 heterocycles. The Morgan fingerprint density at radius 1 is 1.19 bits per heavy atom. The highest BCUT2D eigenvalue weighted by Crippen LogP contribution is 2.16. The van der Waals surface area contributed by atoms with Crippen LogP contribution in [-0.4, -0.2) is 66.8 Å². The Hall–Kier alpha value is -2.71. The van der Waals surface area contributed by atoms with Gasteiger partial charge in [-0.15, -0.1) is 0 Å². The van der Waals surface area contributed by atoms with Gasteiger partial charge in [0.25, 0.3) is 5.91 Å². The molecule has 3 rings (SSSR count). The second-order valence-corrected chi connectivity index (χ2v) is 6.09. The lowest BCUT2D eigenvalue weighted by Gasteiger charge is -2.26. The number of carbonyl (C=O) groups is 1. The SMILES string of the molecule is CCOc1ccc(NC(=O)c2cnc(NCCN3CCOCC3)nc2)cc1. The van der Waals surface area contributed by atoms with Crippen LogP contribution in [0.25, 0.3) is 0 Å². The molecule has 0 unspecified atom stereocenters. The number of ether oxygens (including phenoxy) is 2. The predicted octanol–water partition coefficient (Wildman–Crippen LogP) is 1.87. The zero-order valence-corrected chi connectivity index (χ0v) is 15.5. The van der Waals surface area contributed by atoms with Crippen molar-refractivity contribution in [3.8, 4) is 5.75 Å². The molecule has 8 nitrogen and oxygen atoms in total. The number of hydrogen-bond acceptors (Lipinski definition) is 7. The van der Waals surface area contributed by atoms with Crippen molar-refractivity contribution >= 4 is 17.5 Å². The fourth-order valence-electron chi connectivity index (χ4n) is 2.69. The first-order chi connectivity index (χ1) is 13.2. The molecule has 1 aliphatic rings. The van der Waals surface area contributed by atoms with Crippen molar-refractivity contribution < 1.29 is 14.3 Å². The van der Waals surface area contributed by atoms with E-state index in [9.17, 15) is 4.79 Å². The van der Waals surface area contributed by atoms with Gasteiger partial charge in [0, 0.05) is 44.3 Å². The van der Waals surface area contributed by atoms with Gasteiger partial charge in [-0.25, -0.2) is 9.97 Å². The summed E-state index contributed by atoms with van der Waals surface area (Å²) in [5, 5.41) is 6.00. The summed E-state index contributed by atoms with van der Waals surface area (Å²) in [5.41, 5.74) is 1.10. The first kappa shape index (κ1) is 19.1. The lowest BCUT2D eigenvalue weighted by Crippen LogP contribution is -2.39. The van der Waals surface area contributed by atoms with Gasteiger partial charge in [-0.2, -0.15) is 0 Å². The maximum absolute atomic E-state index is 12.3. The van der Waals surface area contributed by atoms with Crippen LogP contribution in [0, 0.1) is 0 Å². The van der Waals surface area contributed by atoms with Crippen LogP contribution >= 0.6 is 0 Å². The summed E-state index contributed by atoms with van der Waals surface area (Å²) in [5.74, 6) is 1.03. The third-order valence-corrected chi connectivity index (χ3v) is 4.15. The molecule has 144 valence electrons. The van der Waals surface area contributed by atoms with Crippen LogP contribution in [0.4, 0.5) is 11.6 Å². The molecule has 0 bridgehead atoms. The van der Waals surface area contributed by atoms with Crippen molar-refractivity contribution in [3.63, 3.8) is 0 Å². The molecule has 1 saturated heterocycles. The highest BCUT2D eigenvalue weighted by Gasteiger charge is 2.10. The van der Waals surface area contributed by atoms with E-state index >= 15 is 0 Å². The summed E-state index contributed by atoms with van der Waals surface area (Å²) in [6.07, 6.45) is 3.04. The number of nitrogens with zero attached hydrogens (tertiary/aromatic N) is 3. The van der Waals surface area contributed by atoms with Gasteiger partial charge in [0.15, 0.2) is 0 Å². The van der Waals surface area contributed by atoms with E-state index in [0.717, 1.165) is 45.1 Å². The third kappa shape index (κ3) is 5.90. The van der Waals surface area contributed by atoms with E-state index in [0.29, 0.717) is 23.8 Å². The van der Waals surface area contributed by atoms with Crippen molar-refractivity contribution in [3.05, 3.63) is 42.2 Å². The van der Waals surface area contributed by atoms with Crippen LogP contribution in [0.2, 0.25) is 0 Å². The largest absolute Gasteiger partial charge is 0.494 e. The Morgan fingerprint density at radius 3 is 2.56 bits per heavy atom. The van der Waals surface area contributed by atoms with Gasteiger partial charge < -0.3 is 20.1 Å². The average Bonchev–Trinajstić information content (AvgIpc) is 2.71. The zero-order chi connectivity index (χ0) is 18.9. The standard InChI is InChI=1S/C19H25N5O3/c1-2-27-17-5-3-16(4-6-17)23-18(25)15-13-21-19(22-14-15)20-7-8-24-9-11-26-12-10-24/h3-6,13-14H,2,7-12H2,1H3,(H,23,25)(H,20,21,22). The normalized spacial score (nSPS) is 14.6. The summed E-state index contributed by atoms with van der Waals surface area (Å²) in [7, 11) is 0. The molecule has 1 fully saturated rings. The summed E-state index contributed by atoms with van der Waals surface area (Å²) in [6, 6.07) is 7.23. The van der Waals surface area contributed by atoms with E-state index < -0.39 is 0 Å². The molecule has 0 spiro atoms. The summed E-state index contributed by atoms with van der Waals surface area (Å²) in [6.45, 7) is 7.67. The van der Waals surface area contributed by atoms with Crippen molar-refractivity contribution in [2.24, 2.45) is 0 Å². The highest BCUT2D eigenvalue weighted by molar-refractivity contribution is 6.03. The third-order valence-electron chi connectivity index (χ3n) is 4.15. The van der Waals surface area contributed by atoms with Crippen molar-refractivity contribution in [2.75, 3.05) is 56.6 Å². The van der Waals surface area contributed by atoms with E-state index in [4.69, 9.17) is 9.47 Å². The summed E-state index contributed by atoms with van der Waals surface area (Å²) in [4.78, 5) is 23.1. The summed E-state index contributed by atoms with van der Waals surface area (Å²) < 4.78 is 10.7. The first-order valence-corrected chi connectivity index (χ1v) is 9.15. The van der Waals surface area contributed by atoms with Crippen molar-refractivity contribution in [2.45, 2.75) is 6.92 Å². The minimum atomic E-state index is -0.251. The number of hydrogen-bond donors (Lipinski definition) is 2. The van der Waals surface area contributed by atoms with Gasteiger partial charge in [0.1, 0.15) is 5.75 Å². The van der Waals surface area contributed by atoms with Crippen LogP contribution in [0.3, 0.4) is 0 Å². The predicted molar refractivity (Wildman–Crippen MR) is 103 cm³/mol. The van der Waals surface area contributed by atoms with Gasteiger partial charge in [0.05, 0.1) is 25.4 Å². The molecule has 2 aromatic rings. The Morgan fingerprint density at radius 2 is 1.89 bits per heavy atom. The maximum Gasteiger partial charge on any atom is 0.258 e. The monoisotopic (exact) mass is 371 g/mol. The fraction of sp³-hybridized carbons (Fsp3) is 0.421. The summed E-state index contributed by atoms with van der Waals surface area (Å²) >= 11 is 0. The molecule has 0 saturated carbocycles. The number of rotatable bonds is 8. The lowest BCUT2D eigenvalue weighted by atomic mass is 10.2. The molecule has 0 aliphatic carbocycles. The number of anilines is 2. The minimum Gasteiger partial charge on any atom is -0.494 e. The number of carbonyl (C=O) groups excluding carboxylic acids is 1. The van der Waals surface area contributed by atoms with E-state index in [1.807, 2.05) is 19.1 Å². The molecule has 27 heavy (non-hydrogen) atoms. The molecular formula is C19H25N5O3. The maximum atomic E-state index is 12.3. The number of benzene rings is 1. The number of morpholine rings is 1. The fourth-order valence-corrected chi connectivity index (χ4v) is 2.69. The molecule has 1 aromatic carbocycles. The van der Waals surface area contributed by atoms with E-state index in [1.54, 1.807) is 12.1 Å². The first-order valence-electron chi connectivity index (χ1n) is 9.15. The quantitative estimate of drug-likeness (QED) is 0.732. The Balaban J connectivity index is 1.46. The molecule has 1 amide bonds. The molecular weight excluding hydrogens is 346 g/mol. The molecule has 0 atom stereocenters. The number of nitrogens with one attached hydrogen (secondary N) is 2. The van der Waals surface area contributed by atoms with Crippen LogP contribution in [-0.2, 0) is 4.74 Å². The van der Waals surface area contributed by atoms with Crippen molar-refractivity contribution in [1.82, 2.24) is 14.9 Å². The second kappa shape index (κ2) is 9.84. The van der Waals surface area contributed by atoms with Crippen LogP contribution in [0.5, 0.6) is 5.75 Å².